The fraction of sp³-hybridized carbons (Fsp3) is 1.00. The highest BCUT2D eigenvalue weighted by Gasteiger charge is 2.09. The Morgan fingerprint density at radius 1 is 1.15 bits per heavy atom. The molecule has 0 saturated carbocycles. The lowest BCUT2D eigenvalue weighted by Crippen LogP contribution is -2.55. The second kappa shape index (κ2) is 7.26. The van der Waals surface area contributed by atoms with Gasteiger partial charge in [0, 0.05) is 27.1 Å². The molecule has 78 valence electrons. The van der Waals surface area contributed by atoms with Crippen LogP contribution in [0.5, 0.6) is 0 Å². The van der Waals surface area contributed by atoms with E-state index in [1.807, 2.05) is 0 Å². The van der Waals surface area contributed by atoms with Crippen LogP contribution >= 0.6 is 0 Å². The number of rotatable bonds is 6. The Kier molecular flexibility index (Phi) is 6.10. The molecule has 0 atom stereocenters. The van der Waals surface area contributed by atoms with Crippen LogP contribution in [0.1, 0.15) is 25.7 Å². The SMILES string of the molecule is COCCCCCC1NCNCN1. The Labute approximate surface area is 80.4 Å². The summed E-state index contributed by atoms with van der Waals surface area (Å²) in [5.74, 6) is 0. The van der Waals surface area contributed by atoms with E-state index in [-0.39, 0.29) is 0 Å². The Hall–Kier alpha value is -0.160. The molecule has 0 amide bonds. The highest BCUT2D eigenvalue weighted by Crippen LogP contribution is 2.02. The summed E-state index contributed by atoms with van der Waals surface area (Å²) in [5, 5.41) is 9.90. The van der Waals surface area contributed by atoms with Crippen LogP contribution < -0.4 is 16.0 Å². The maximum Gasteiger partial charge on any atom is 0.0591 e. The van der Waals surface area contributed by atoms with Crippen molar-refractivity contribution in [2.45, 2.75) is 31.8 Å². The average molecular weight is 187 g/mol. The quantitative estimate of drug-likeness (QED) is 0.520. The predicted molar refractivity (Wildman–Crippen MR) is 53.3 cm³/mol. The molecule has 0 aromatic heterocycles. The lowest BCUT2D eigenvalue weighted by molar-refractivity contribution is 0.190. The number of ether oxygens (including phenoxy) is 1. The first-order chi connectivity index (χ1) is 6.43. The number of unbranched alkanes of at least 4 members (excludes halogenated alkanes) is 2. The van der Waals surface area contributed by atoms with Gasteiger partial charge in [-0.05, 0) is 12.8 Å². The third-order valence-corrected chi connectivity index (χ3v) is 2.29. The topological polar surface area (TPSA) is 45.3 Å². The van der Waals surface area contributed by atoms with Crippen molar-refractivity contribution in [2.24, 2.45) is 0 Å². The first-order valence-electron chi connectivity index (χ1n) is 5.10. The molecule has 1 aliphatic rings. The summed E-state index contributed by atoms with van der Waals surface area (Å²) < 4.78 is 4.99. The summed E-state index contributed by atoms with van der Waals surface area (Å²) in [6, 6.07) is 0. The van der Waals surface area contributed by atoms with Gasteiger partial charge in [-0.2, -0.15) is 0 Å². The van der Waals surface area contributed by atoms with E-state index < -0.39 is 0 Å². The largest absolute Gasteiger partial charge is 0.385 e. The summed E-state index contributed by atoms with van der Waals surface area (Å²) >= 11 is 0. The third-order valence-electron chi connectivity index (χ3n) is 2.29. The van der Waals surface area contributed by atoms with E-state index in [2.05, 4.69) is 16.0 Å². The van der Waals surface area contributed by atoms with Crippen LogP contribution in [0.25, 0.3) is 0 Å². The molecule has 0 spiro atoms. The Bertz CT molecular complexity index is 115. The zero-order chi connectivity index (χ0) is 9.36. The summed E-state index contributed by atoms with van der Waals surface area (Å²) in [4.78, 5) is 0. The van der Waals surface area contributed by atoms with Crippen molar-refractivity contribution in [2.75, 3.05) is 27.1 Å². The molecule has 3 N–H and O–H groups in total. The smallest absolute Gasteiger partial charge is 0.0591 e. The van der Waals surface area contributed by atoms with E-state index in [4.69, 9.17) is 4.74 Å². The minimum atomic E-state index is 0.504. The van der Waals surface area contributed by atoms with Gasteiger partial charge >= 0.3 is 0 Å². The molecule has 0 radical (unpaired) electrons. The average Bonchev–Trinajstić information content (AvgIpc) is 2.19. The maximum absolute atomic E-state index is 4.99. The molecule has 1 aliphatic heterocycles. The first-order valence-corrected chi connectivity index (χ1v) is 5.10. The van der Waals surface area contributed by atoms with Crippen molar-refractivity contribution in [1.82, 2.24) is 16.0 Å². The highest BCUT2D eigenvalue weighted by atomic mass is 16.5. The Balaban J connectivity index is 1.86. The van der Waals surface area contributed by atoms with Gasteiger partial charge in [0.25, 0.3) is 0 Å². The van der Waals surface area contributed by atoms with Crippen molar-refractivity contribution in [3.8, 4) is 0 Å². The van der Waals surface area contributed by atoms with E-state index in [9.17, 15) is 0 Å². The van der Waals surface area contributed by atoms with Crippen molar-refractivity contribution in [3.63, 3.8) is 0 Å². The molecule has 0 aromatic carbocycles. The zero-order valence-corrected chi connectivity index (χ0v) is 8.44. The lowest BCUT2D eigenvalue weighted by atomic mass is 10.1. The van der Waals surface area contributed by atoms with E-state index in [0.29, 0.717) is 6.17 Å². The van der Waals surface area contributed by atoms with Crippen LogP contribution in [-0.2, 0) is 4.74 Å². The van der Waals surface area contributed by atoms with E-state index >= 15 is 0 Å². The molecule has 13 heavy (non-hydrogen) atoms. The Morgan fingerprint density at radius 3 is 2.62 bits per heavy atom. The second-order valence-corrected chi connectivity index (χ2v) is 3.41. The second-order valence-electron chi connectivity index (χ2n) is 3.41. The van der Waals surface area contributed by atoms with Crippen LogP contribution in [0.15, 0.2) is 0 Å². The third kappa shape index (κ3) is 5.21. The van der Waals surface area contributed by atoms with Gasteiger partial charge in [0.1, 0.15) is 0 Å². The zero-order valence-electron chi connectivity index (χ0n) is 8.44. The number of hydrogen-bond donors (Lipinski definition) is 3. The van der Waals surface area contributed by atoms with Crippen LogP contribution in [-0.4, -0.2) is 33.2 Å². The molecular formula is C9H21N3O. The van der Waals surface area contributed by atoms with Gasteiger partial charge in [-0.1, -0.05) is 12.8 Å². The van der Waals surface area contributed by atoms with Crippen molar-refractivity contribution < 1.29 is 4.74 Å². The Morgan fingerprint density at radius 2 is 1.92 bits per heavy atom. The van der Waals surface area contributed by atoms with Crippen LogP contribution in [0.4, 0.5) is 0 Å². The van der Waals surface area contributed by atoms with Crippen LogP contribution in [0.3, 0.4) is 0 Å². The summed E-state index contributed by atoms with van der Waals surface area (Å²) in [6.07, 6.45) is 5.44. The van der Waals surface area contributed by atoms with Crippen LogP contribution in [0.2, 0.25) is 0 Å². The van der Waals surface area contributed by atoms with Crippen molar-refractivity contribution >= 4 is 0 Å². The summed E-state index contributed by atoms with van der Waals surface area (Å²) in [5.41, 5.74) is 0. The van der Waals surface area contributed by atoms with Crippen molar-refractivity contribution in [1.29, 1.82) is 0 Å². The van der Waals surface area contributed by atoms with Gasteiger partial charge in [-0.15, -0.1) is 0 Å². The molecular weight excluding hydrogens is 166 g/mol. The number of hydrogen-bond acceptors (Lipinski definition) is 4. The molecule has 1 fully saturated rings. The lowest BCUT2D eigenvalue weighted by Gasteiger charge is -2.25. The summed E-state index contributed by atoms with van der Waals surface area (Å²) in [6.45, 7) is 2.75. The molecule has 0 bridgehead atoms. The molecule has 4 nitrogen and oxygen atoms in total. The van der Waals surface area contributed by atoms with Crippen LogP contribution in [0, 0.1) is 0 Å². The predicted octanol–water partition coefficient (Wildman–Crippen LogP) is 0.217. The van der Waals surface area contributed by atoms with Gasteiger partial charge in [0.05, 0.1) is 6.17 Å². The number of nitrogens with one attached hydrogen (secondary N) is 3. The van der Waals surface area contributed by atoms with Gasteiger partial charge in [0.2, 0.25) is 0 Å². The molecule has 1 heterocycles. The highest BCUT2D eigenvalue weighted by molar-refractivity contribution is 4.67. The standard InChI is InChI=1S/C9H21N3O/c1-13-6-4-2-3-5-9-11-7-10-8-12-9/h9-12H,2-8H2,1H3. The first kappa shape index (κ1) is 10.9. The minimum Gasteiger partial charge on any atom is -0.385 e. The fourth-order valence-electron chi connectivity index (χ4n) is 1.50. The van der Waals surface area contributed by atoms with Gasteiger partial charge < -0.3 is 4.74 Å². The van der Waals surface area contributed by atoms with E-state index in [1.54, 1.807) is 7.11 Å². The molecule has 1 saturated heterocycles. The normalized spacial score (nSPS) is 19.2. The molecule has 1 rings (SSSR count). The molecule has 4 heteroatoms. The molecule has 0 aliphatic carbocycles. The monoisotopic (exact) mass is 187 g/mol. The minimum absolute atomic E-state index is 0.504. The van der Waals surface area contributed by atoms with Crippen molar-refractivity contribution in [3.05, 3.63) is 0 Å². The van der Waals surface area contributed by atoms with E-state index in [1.165, 1.54) is 25.7 Å². The molecule has 0 aromatic rings. The summed E-state index contributed by atoms with van der Waals surface area (Å²) in [7, 11) is 1.76. The number of methoxy groups -OCH3 is 1. The maximum atomic E-state index is 4.99. The molecule has 0 unspecified atom stereocenters. The van der Waals surface area contributed by atoms with Gasteiger partial charge in [-0.3, -0.25) is 16.0 Å². The fourth-order valence-corrected chi connectivity index (χ4v) is 1.50. The van der Waals surface area contributed by atoms with E-state index in [0.717, 1.165) is 19.9 Å². The van der Waals surface area contributed by atoms with Gasteiger partial charge in [0.15, 0.2) is 0 Å². The van der Waals surface area contributed by atoms with Gasteiger partial charge in [-0.25, -0.2) is 0 Å².